The number of nitro groups is 4. The van der Waals surface area contributed by atoms with E-state index >= 15 is 0 Å². The first-order valence-corrected chi connectivity index (χ1v) is 41.3. The van der Waals surface area contributed by atoms with Crippen LogP contribution in [0.4, 0.5) is 63.5 Å². The van der Waals surface area contributed by atoms with Crippen molar-refractivity contribution in [1.29, 1.82) is 0 Å². The van der Waals surface area contributed by atoms with Gasteiger partial charge in [-0.15, -0.1) is 0 Å². The summed E-state index contributed by atoms with van der Waals surface area (Å²) in [6.07, 6.45) is 36.6. The lowest BCUT2D eigenvalue weighted by Crippen LogP contribution is -2.54. The van der Waals surface area contributed by atoms with Gasteiger partial charge in [0.25, 0.3) is 32.9 Å². The van der Waals surface area contributed by atoms with Crippen molar-refractivity contribution in [2.45, 2.75) is 120 Å². The van der Waals surface area contributed by atoms with Crippen LogP contribution in [0.1, 0.15) is 105 Å². The number of aromatic nitrogens is 6. The largest absolute Gasteiger partial charge is 0.398 e. The van der Waals surface area contributed by atoms with Gasteiger partial charge in [0, 0.05) is 213 Å². The molecule has 4 aromatic carbocycles. The van der Waals surface area contributed by atoms with Gasteiger partial charge in [-0.05, 0) is 128 Å². The summed E-state index contributed by atoms with van der Waals surface area (Å²) in [6.45, 7) is 9.68. The molecule has 9 aliphatic rings. The first-order chi connectivity index (χ1) is 59.4. The van der Waals surface area contributed by atoms with Crippen molar-refractivity contribution in [2.75, 3.05) is 51.6 Å². The molecule has 18 rings (SSSR count). The molecule has 9 aromatic rings. The fraction of sp³-hybridized carbons (Fsp3) is 0.361. The number of hydrogen-bond donors (Lipinski definition) is 2. The predicted octanol–water partition coefficient (Wildman–Crippen LogP) is 15.0. The summed E-state index contributed by atoms with van der Waals surface area (Å²) in [5, 5.41) is 60.5. The van der Waals surface area contributed by atoms with Crippen LogP contribution in [-0.4, -0.2) is 163 Å². The lowest BCUT2D eigenvalue weighted by molar-refractivity contribution is -0.418. The fourth-order valence-corrected chi connectivity index (χ4v) is 15.4. The van der Waals surface area contributed by atoms with Crippen LogP contribution in [0.25, 0.3) is 0 Å². The average molecular weight is 1740 g/mol. The molecule has 5 amide bonds. The van der Waals surface area contributed by atoms with Gasteiger partial charge in [0.2, 0.25) is 0 Å². The lowest BCUT2D eigenvalue weighted by Gasteiger charge is -2.41. The van der Waals surface area contributed by atoms with Gasteiger partial charge in [-0.1, -0.05) is 36.6 Å². The van der Waals surface area contributed by atoms with Crippen LogP contribution < -0.4 is 11.1 Å². The van der Waals surface area contributed by atoms with Crippen molar-refractivity contribution < 1.29 is 73.0 Å². The van der Waals surface area contributed by atoms with E-state index < -0.39 is 74.1 Å². The number of benzene rings is 4. The average Bonchev–Trinajstić information content (AvgIpc) is 1.58. The number of likely N-dealkylation sites (tertiary alicyclic amines) is 2. The van der Waals surface area contributed by atoms with E-state index in [1.807, 2.05) is 39.1 Å². The van der Waals surface area contributed by atoms with Gasteiger partial charge in [0.15, 0.2) is 0 Å². The minimum absolute atomic E-state index is 0.0313. The second kappa shape index (κ2) is 41.4. The second-order valence-corrected chi connectivity index (χ2v) is 32.6. The van der Waals surface area contributed by atoms with Crippen molar-refractivity contribution in [3.8, 4) is 0 Å². The van der Waals surface area contributed by atoms with Crippen molar-refractivity contribution in [3.05, 3.63) is 293 Å². The summed E-state index contributed by atoms with van der Waals surface area (Å²) >= 11 is 0. The van der Waals surface area contributed by atoms with Crippen LogP contribution in [-0.2, 0) is 40.5 Å². The van der Waals surface area contributed by atoms with Crippen molar-refractivity contribution in [1.82, 2.24) is 58.0 Å². The molecule has 41 heteroatoms. The second-order valence-electron chi connectivity index (χ2n) is 31.0. The normalized spacial score (nSPS) is 18.1. The fourth-order valence-electron chi connectivity index (χ4n) is 14.5. The van der Waals surface area contributed by atoms with Crippen LogP contribution in [0.3, 0.4) is 0 Å². The Bertz CT molecular complexity index is 5420. The van der Waals surface area contributed by atoms with E-state index in [-0.39, 0.29) is 60.4 Å². The Morgan fingerprint density at radius 3 is 1.22 bits per heavy atom. The smallest absolute Gasteiger partial charge is 0.350 e. The zero-order valence-corrected chi connectivity index (χ0v) is 67.9. The van der Waals surface area contributed by atoms with E-state index in [4.69, 9.17) is 9.92 Å². The van der Waals surface area contributed by atoms with Crippen molar-refractivity contribution >= 4 is 69.6 Å². The number of hydrogen-bond acceptors (Lipinski definition) is 20. The van der Waals surface area contributed by atoms with Gasteiger partial charge >= 0.3 is 18.1 Å². The molecule has 11 heterocycles. The number of imidazole rings is 1. The first kappa shape index (κ1) is 89.8. The number of anilines is 1. The summed E-state index contributed by atoms with van der Waals surface area (Å²) in [5.41, 5.74) is 9.21. The van der Waals surface area contributed by atoms with Crippen LogP contribution in [0.5, 0.6) is 0 Å². The summed E-state index contributed by atoms with van der Waals surface area (Å²) in [7, 11) is -3.55. The first-order valence-electron chi connectivity index (χ1n) is 39.9. The van der Waals surface area contributed by atoms with E-state index in [2.05, 4.69) is 25.6 Å². The Kier molecular flexibility index (Phi) is 30.0. The summed E-state index contributed by atoms with van der Waals surface area (Å²) < 4.78 is 118. The zero-order chi connectivity index (χ0) is 88.3. The number of hydrazone groups is 3. The molecule has 3 atom stereocenters. The maximum atomic E-state index is 13.5. The molecule has 0 bridgehead atoms. The van der Waals surface area contributed by atoms with Crippen LogP contribution >= 0.6 is 0 Å². The van der Waals surface area contributed by atoms with Gasteiger partial charge < -0.3 is 39.1 Å². The summed E-state index contributed by atoms with van der Waals surface area (Å²) in [6, 6.07) is 20.3. The van der Waals surface area contributed by atoms with Gasteiger partial charge in [-0.3, -0.25) is 49.2 Å². The Morgan fingerprint density at radius 2 is 0.895 bits per heavy atom. The molecule has 3 aliphatic carbocycles. The third kappa shape index (κ3) is 24.5. The molecule has 0 spiro atoms. The van der Waals surface area contributed by atoms with Crippen LogP contribution in [0.2, 0.25) is 0 Å². The number of halogens is 6. The monoisotopic (exact) mass is 1740 g/mol. The van der Waals surface area contributed by atoms with Gasteiger partial charge in [0.1, 0.15) is 41.2 Å². The summed E-state index contributed by atoms with van der Waals surface area (Å²) in [5.74, 6) is -1.74. The van der Waals surface area contributed by atoms with Crippen LogP contribution in [0.15, 0.2) is 216 Å². The molecular formula is C83H90F6N20O14S. The van der Waals surface area contributed by atoms with E-state index in [1.165, 1.54) is 125 Å². The van der Waals surface area contributed by atoms with E-state index in [0.717, 1.165) is 75.2 Å². The number of rotatable bonds is 19. The zero-order valence-electron chi connectivity index (χ0n) is 67.1. The number of aryl methyl sites for hydroxylation is 1. The Morgan fingerprint density at radius 1 is 0.500 bits per heavy atom. The molecule has 2 saturated carbocycles. The minimum atomic E-state index is -3.55. The van der Waals surface area contributed by atoms with Crippen LogP contribution in [0, 0.1) is 112 Å². The van der Waals surface area contributed by atoms with E-state index in [9.17, 15) is 89.6 Å². The number of carbonyl (C=O) groups excluding carboxylic acids is 3. The van der Waals surface area contributed by atoms with E-state index in [0.29, 0.717) is 105 Å². The van der Waals surface area contributed by atoms with Gasteiger partial charge in [-0.25, -0.2) is 60.7 Å². The molecule has 5 fully saturated rings. The maximum absolute atomic E-state index is 13.5. The number of nitrogens with zero attached hydrogens (tertiary/aromatic N) is 18. The number of carbonyl (C=O) groups is 3. The number of nitrogen functional groups attached to an aromatic ring is 1. The quantitative estimate of drug-likeness (QED) is 0.0329. The maximum Gasteiger partial charge on any atom is 0.350 e. The van der Waals surface area contributed by atoms with E-state index in [1.54, 1.807) is 106 Å². The summed E-state index contributed by atoms with van der Waals surface area (Å²) in [4.78, 5) is 84.8. The number of nitrogens with two attached hydrogens (primary N) is 1. The molecular weight excluding hydrogens is 1650 g/mol. The molecule has 0 radical (unpaired) electrons. The number of urea groups is 2. The Hall–Kier alpha value is -13.4. The highest BCUT2D eigenvalue weighted by Crippen LogP contribution is 2.37. The molecule has 34 nitrogen and oxygen atoms in total. The molecule has 3 saturated heterocycles. The number of nitrogens with one attached hydrogen (secondary N) is 1. The molecule has 3 N–H and O–H groups in total. The van der Waals surface area contributed by atoms with Crippen molar-refractivity contribution in [3.63, 3.8) is 0 Å². The molecule has 6 aliphatic heterocycles. The molecule has 654 valence electrons. The molecule has 5 aromatic heterocycles. The van der Waals surface area contributed by atoms with Gasteiger partial charge in [-0.2, -0.15) is 23.7 Å². The van der Waals surface area contributed by atoms with Gasteiger partial charge in [0.05, 0.1) is 67.9 Å². The molecule has 0 unspecified atom stereocenters. The Labute approximate surface area is 707 Å². The molecule has 124 heavy (non-hydrogen) atoms. The highest BCUT2D eigenvalue weighted by Gasteiger charge is 2.41. The third-order valence-electron chi connectivity index (χ3n) is 21.6. The Balaban J connectivity index is 0.000000136. The lowest BCUT2D eigenvalue weighted by atomic mass is 9.85. The number of allylic oxidation sites excluding steroid dienone is 3. The highest BCUT2D eigenvalue weighted by atomic mass is 32.2. The topological polar surface area (TPSA) is 396 Å². The van der Waals surface area contributed by atoms with Crippen molar-refractivity contribution in [2.24, 2.45) is 44.9 Å². The predicted molar refractivity (Wildman–Crippen MR) is 442 cm³/mol. The third-order valence-corrected chi connectivity index (χ3v) is 22.9. The number of amides is 5. The highest BCUT2D eigenvalue weighted by molar-refractivity contribution is 7.86. The SMILES string of the molecule is Cc1ccc(S(=O)(=O)OCC2CCC2)cc1.Nc1ccn(CC2CN(C(=O)N3N=CC[C@H]3c3cc(F)cc(F)c3)C2)c1.O=C(N1CC(Cn2ccc([N+](=O)[O-])c2)C1)N1N=CC[C@H]1c1cc(F)cc(F)c1.O=C(N1N=CC[C@H]1c1cc(F)cc(F)c1)n1ccnc1.O=[N+]([O-])C1=CCC=C1.O=[N+]([O-])c1ccn(CC2CCC2)c1.O=[N+]([O-])c1ccn(CC2CNC2)c1. The minimum Gasteiger partial charge on any atom is -0.398 e. The standard InChI is InChI=1S/C18H17F2N5O3.C18H19F2N5O.C13H10F2N4O.C12H16O3S.C9H12N2O2.C8H11N3O2.C5H5NO2/c19-14-5-13(6-15(20)7-14)17-1-3-21-24(17)18(26)23-9-12(10-23)8-22-4-2-16(11-22)25(27)28;19-14-5-13(6-15(20)7-14)17-1-3-22-25(17)18(26)24-9-12(10-24)8-23-4-2-16(21)11-23;14-10-5-9(6-11(15)7-10)12-1-2-17-19(12)13(20)18-4-3-16-8-18;1-10-5-7-12(8-6-10)16(13,14)15-9-11-3-2-4-11;12-11(13)9-4-5-10(7-9)6-8-2-1-3-8;12-11(13)8-1-2-10(6-8)5-7-3-9-4-7;7-6(8)5-3-1-2-4-5/h2-7,11-12,17H,1,8-10H2;2-7,11-12,17H,1,8-10,21H2;2-8,12H,1H2;5-8,11H,2-4,9H2,1H3;4-5,7-8H,1-3,6H2;1-2,6-7,9H,3-5H2;1,3-4H,2H2/t2*17-;12-;;;;/m000..../s1.